The molecule has 0 amide bonds. The normalized spacial score (nSPS) is 34.1. The first-order valence-electron chi connectivity index (χ1n) is 8.71. The maximum atomic E-state index is 11.2. The zero-order valence-corrected chi connectivity index (χ0v) is 13.0. The standard InChI is InChI=1S/C18H21N3O2/c22-18(14-6-12-5-11(14)7-15(12)20-23)17-13(10-1-2-10)3-4-21-9-19-8-16(17)21/h3-4,8-12,14-15,18,22H,1-2,5-7H2/t11?,12?,14?,15-,18?/m0/s1. The summed E-state index contributed by atoms with van der Waals surface area (Å²) in [4.78, 5) is 15.2. The molecule has 0 aliphatic heterocycles. The third kappa shape index (κ3) is 1.99. The molecular formula is C18H21N3O2. The third-order valence-electron chi connectivity index (χ3n) is 6.40. The van der Waals surface area contributed by atoms with Crippen LogP contribution in [0.25, 0.3) is 5.52 Å². The first-order chi connectivity index (χ1) is 11.3. The van der Waals surface area contributed by atoms with Crippen LogP contribution in [-0.4, -0.2) is 20.5 Å². The molecule has 0 saturated heterocycles. The van der Waals surface area contributed by atoms with Gasteiger partial charge in [-0.05, 0) is 67.4 Å². The van der Waals surface area contributed by atoms with E-state index in [2.05, 4.69) is 22.4 Å². The van der Waals surface area contributed by atoms with E-state index >= 15 is 0 Å². The molecule has 0 radical (unpaired) electrons. The lowest BCUT2D eigenvalue weighted by Gasteiger charge is -2.30. The molecule has 1 N–H and O–H groups in total. The van der Waals surface area contributed by atoms with Crippen LogP contribution in [0.5, 0.6) is 0 Å². The predicted molar refractivity (Wildman–Crippen MR) is 86.0 cm³/mol. The van der Waals surface area contributed by atoms with Crippen LogP contribution in [0, 0.1) is 22.7 Å². The Hall–Kier alpha value is -1.75. The van der Waals surface area contributed by atoms with Gasteiger partial charge >= 0.3 is 0 Å². The van der Waals surface area contributed by atoms with Crippen LogP contribution in [0.15, 0.2) is 30.0 Å². The number of aliphatic hydroxyl groups excluding tert-OH is 1. The fourth-order valence-electron chi connectivity index (χ4n) is 5.12. The maximum Gasteiger partial charge on any atom is 0.0992 e. The van der Waals surface area contributed by atoms with Gasteiger partial charge in [-0.1, -0.05) is 5.18 Å². The van der Waals surface area contributed by atoms with Gasteiger partial charge in [-0.15, -0.1) is 0 Å². The van der Waals surface area contributed by atoms with Crippen molar-refractivity contribution in [3.8, 4) is 0 Å². The molecule has 2 bridgehead atoms. The lowest BCUT2D eigenvalue weighted by Crippen LogP contribution is -2.25. The number of hydrogen-bond donors (Lipinski definition) is 1. The molecule has 0 aromatic carbocycles. The van der Waals surface area contributed by atoms with Crippen molar-refractivity contribution in [3.63, 3.8) is 0 Å². The number of aliphatic hydroxyl groups is 1. The molecule has 5 heteroatoms. The van der Waals surface area contributed by atoms with Crippen LogP contribution in [0.3, 0.4) is 0 Å². The lowest BCUT2D eigenvalue weighted by molar-refractivity contribution is 0.0716. The molecule has 2 heterocycles. The Balaban J connectivity index is 1.54. The molecule has 3 fully saturated rings. The van der Waals surface area contributed by atoms with E-state index in [1.807, 2.05) is 10.6 Å². The Morgan fingerprint density at radius 2 is 2.13 bits per heavy atom. The SMILES string of the molecule is O=N[C@H]1CC2CC1CC2C(O)c1c(C2CC2)ccn2cncc12. The number of nitroso groups, excluding NO2 is 1. The Morgan fingerprint density at radius 3 is 2.83 bits per heavy atom. The molecule has 2 aromatic heterocycles. The van der Waals surface area contributed by atoms with E-state index in [0.717, 1.165) is 30.3 Å². The van der Waals surface area contributed by atoms with Crippen molar-refractivity contribution in [3.05, 3.63) is 40.8 Å². The molecule has 4 unspecified atom stereocenters. The highest BCUT2D eigenvalue weighted by Gasteiger charge is 2.50. The largest absolute Gasteiger partial charge is 0.388 e. The van der Waals surface area contributed by atoms with Crippen molar-refractivity contribution in [2.75, 3.05) is 0 Å². The second kappa shape index (κ2) is 4.87. The smallest absolute Gasteiger partial charge is 0.0992 e. The first-order valence-corrected chi connectivity index (χ1v) is 8.71. The quantitative estimate of drug-likeness (QED) is 0.880. The van der Waals surface area contributed by atoms with Gasteiger partial charge in [-0.25, -0.2) is 4.98 Å². The van der Waals surface area contributed by atoms with Gasteiger partial charge in [0.25, 0.3) is 0 Å². The number of imidazole rings is 1. The van der Waals surface area contributed by atoms with Crippen molar-refractivity contribution in [1.82, 2.24) is 9.38 Å². The molecule has 5 rings (SSSR count). The van der Waals surface area contributed by atoms with Crippen LogP contribution in [-0.2, 0) is 0 Å². The molecule has 2 aromatic rings. The highest BCUT2D eigenvalue weighted by atomic mass is 16.3. The lowest BCUT2D eigenvalue weighted by atomic mass is 9.79. The van der Waals surface area contributed by atoms with E-state index in [1.165, 1.54) is 18.4 Å². The number of pyridine rings is 1. The average molecular weight is 311 g/mol. The highest BCUT2D eigenvalue weighted by molar-refractivity contribution is 5.59. The number of nitrogens with zero attached hydrogens (tertiary/aromatic N) is 3. The van der Waals surface area contributed by atoms with Crippen molar-refractivity contribution < 1.29 is 5.11 Å². The minimum absolute atomic E-state index is 0.0166. The predicted octanol–water partition coefficient (Wildman–Crippen LogP) is 3.43. The summed E-state index contributed by atoms with van der Waals surface area (Å²) in [5, 5.41) is 14.5. The second-order valence-electron chi connectivity index (χ2n) is 7.65. The number of hydrogen-bond acceptors (Lipinski definition) is 4. The van der Waals surface area contributed by atoms with E-state index in [-0.39, 0.29) is 12.0 Å². The summed E-state index contributed by atoms with van der Waals surface area (Å²) in [5.41, 5.74) is 3.42. The second-order valence-corrected chi connectivity index (χ2v) is 7.65. The first kappa shape index (κ1) is 13.7. The van der Waals surface area contributed by atoms with Crippen molar-refractivity contribution in [2.45, 2.75) is 50.2 Å². The number of aromatic nitrogens is 2. The van der Waals surface area contributed by atoms with Crippen molar-refractivity contribution in [1.29, 1.82) is 0 Å². The zero-order chi connectivity index (χ0) is 15.6. The van der Waals surface area contributed by atoms with E-state index < -0.39 is 6.10 Å². The molecule has 3 saturated carbocycles. The minimum atomic E-state index is -0.450. The zero-order valence-electron chi connectivity index (χ0n) is 13.0. The molecule has 0 spiro atoms. The fourth-order valence-corrected chi connectivity index (χ4v) is 5.12. The average Bonchev–Trinajstić information content (AvgIpc) is 3.00. The molecule has 5 nitrogen and oxygen atoms in total. The van der Waals surface area contributed by atoms with E-state index in [1.54, 1.807) is 6.33 Å². The summed E-state index contributed by atoms with van der Waals surface area (Å²) in [7, 11) is 0. The summed E-state index contributed by atoms with van der Waals surface area (Å²) in [6, 6.07) is 2.14. The maximum absolute atomic E-state index is 11.2. The van der Waals surface area contributed by atoms with E-state index in [4.69, 9.17) is 0 Å². The Labute approximate surface area is 134 Å². The van der Waals surface area contributed by atoms with Gasteiger partial charge in [-0.3, -0.25) is 0 Å². The van der Waals surface area contributed by atoms with Crippen LogP contribution >= 0.6 is 0 Å². The van der Waals surface area contributed by atoms with Gasteiger partial charge < -0.3 is 9.51 Å². The topological polar surface area (TPSA) is 67.0 Å². The molecule has 3 aliphatic rings. The number of fused-ring (bicyclic) bond motifs is 3. The monoisotopic (exact) mass is 311 g/mol. The van der Waals surface area contributed by atoms with Crippen molar-refractivity contribution in [2.24, 2.45) is 22.9 Å². The van der Waals surface area contributed by atoms with E-state index in [9.17, 15) is 10.0 Å². The molecule has 23 heavy (non-hydrogen) atoms. The van der Waals surface area contributed by atoms with Gasteiger partial charge in [0, 0.05) is 11.8 Å². The Bertz CT molecular complexity index is 767. The highest BCUT2D eigenvalue weighted by Crippen LogP contribution is 2.55. The van der Waals surface area contributed by atoms with Gasteiger partial charge in [0.1, 0.15) is 0 Å². The van der Waals surface area contributed by atoms with Gasteiger partial charge in [0.05, 0.1) is 30.2 Å². The summed E-state index contributed by atoms with van der Waals surface area (Å²) in [5.74, 6) is 1.68. The summed E-state index contributed by atoms with van der Waals surface area (Å²) in [6.07, 6.45) is 10.6. The summed E-state index contributed by atoms with van der Waals surface area (Å²) in [6.45, 7) is 0. The van der Waals surface area contributed by atoms with Crippen LogP contribution in [0.4, 0.5) is 0 Å². The Morgan fingerprint density at radius 1 is 1.26 bits per heavy atom. The van der Waals surface area contributed by atoms with E-state index in [0.29, 0.717) is 17.8 Å². The van der Waals surface area contributed by atoms with Crippen LogP contribution in [0.2, 0.25) is 0 Å². The van der Waals surface area contributed by atoms with Gasteiger partial charge in [-0.2, -0.15) is 4.91 Å². The molecule has 5 atom stereocenters. The molecule has 3 aliphatic carbocycles. The summed E-state index contributed by atoms with van der Waals surface area (Å²) < 4.78 is 2.01. The molecular weight excluding hydrogens is 290 g/mol. The number of rotatable bonds is 4. The Kier molecular flexibility index (Phi) is 2.89. The third-order valence-corrected chi connectivity index (χ3v) is 6.40. The summed E-state index contributed by atoms with van der Waals surface area (Å²) >= 11 is 0. The minimum Gasteiger partial charge on any atom is -0.388 e. The van der Waals surface area contributed by atoms with Crippen LogP contribution < -0.4 is 0 Å². The fraction of sp³-hybridized carbons (Fsp3) is 0.611. The van der Waals surface area contributed by atoms with Gasteiger partial charge in [0.2, 0.25) is 0 Å². The van der Waals surface area contributed by atoms with Gasteiger partial charge in [0.15, 0.2) is 0 Å². The molecule has 120 valence electrons. The van der Waals surface area contributed by atoms with Crippen LogP contribution in [0.1, 0.15) is 55.3 Å². The van der Waals surface area contributed by atoms with Crippen molar-refractivity contribution >= 4 is 5.52 Å².